The topological polar surface area (TPSA) is 80.9 Å². The Bertz CT molecular complexity index is 2080. The van der Waals surface area contributed by atoms with Gasteiger partial charge in [0.25, 0.3) is 0 Å². The predicted octanol–water partition coefficient (Wildman–Crippen LogP) is 7.58. The van der Waals surface area contributed by atoms with E-state index in [0.29, 0.717) is 21.5 Å². The quantitative estimate of drug-likeness (QED) is 0.179. The molecule has 0 unspecified atom stereocenters. The monoisotopic (exact) mass is 452 g/mol. The molecule has 0 aliphatic rings. The Hall–Kier alpha value is -3.74. The molecule has 0 saturated heterocycles. The zero-order valence-corrected chi connectivity index (χ0v) is 17.9. The molecule has 2 aromatic heterocycles. The Morgan fingerprint density at radius 3 is 1.78 bits per heavy atom. The molecule has 4 N–H and O–H groups in total. The SMILES string of the molecule is Oc1c(O)c2ccc1c1cc3sc4c(sc5c6c(O)c(O)c(c7ccccc76)c45)c3cc21. The van der Waals surface area contributed by atoms with E-state index in [1.807, 2.05) is 36.4 Å². The molecule has 0 fully saturated rings. The van der Waals surface area contributed by atoms with Gasteiger partial charge in [-0.1, -0.05) is 24.3 Å². The molecule has 0 radical (unpaired) electrons. The van der Waals surface area contributed by atoms with Crippen LogP contribution >= 0.6 is 22.7 Å². The smallest absolute Gasteiger partial charge is 0.167 e. The average Bonchev–Trinajstić information content (AvgIpc) is 3.34. The first-order valence-corrected chi connectivity index (χ1v) is 11.7. The van der Waals surface area contributed by atoms with Gasteiger partial charge in [0.2, 0.25) is 0 Å². The molecular formula is C26H12O4S2. The second-order valence-corrected chi connectivity index (χ2v) is 10.4. The third kappa shape index (κ3) is 1.67. The highest BCUT2D eigenvalue weighted by molar-refractivity contribution is 7.37. The number of phenolic OH excluding ortho intramolecular Hbond substituents is 4. The van der Waals surface area contributed by atoms with Gasteiger partial charge in [-0.05, 0) is 45.8 Å². The van der Waals surface area contributed by atoms with E-state index in [4.69, 9.17) is 0 Å². The largest absolute Gasteiger partial charge is 0.504 e. The van der Waals surface area contributed by atoms with E-state index in [0.717, 1.165) is 51.1 Å². The molecule has 0 spiro atoms. The predicted molar refractivity (Wildman–Crippen MR) is 134 cm³/mol. The van der Waals surface area contributed by atoms with Crippen molar-refractivity contribution in [1.82, 2.24) is 0 Å². The fraction of sp³-hybridized carbons (Fsp3) is 0. The lowest BCUT2D eigenvalue weighted by atomic mass is 9.94. The third-order valence-corrected chi connectivity index (χ3v) is 9.35. The Morgan fingerprint density at radius 2 is 1.06 bits per heavy atom. The van der Waals surface area contributed by atoms with Gasteiger partial charge in [0.1, 0.15) is 0 Å². The average molecular weight is 453 g/mol. The van der Waals surface area contributed by atoms with Crippen LogP contribution in [0, 0.1) is 0 Å². The minimum absolute atomic E-state index is 0.0540. The van der Waals surface area contributed by atoms with Crippen molar-refractivity contribution in [3.05, 3.63) is 48.5 Å². The summed E-state index contributed by atoms with van der Waals surface area (Å²) in [5, 5.41) is 50.7. The van der Waals surface area contributed by atoms with Gasteiger partial charge in [0.15, 0.2) is 23.0 Å². The van der Waals surface area contributed by atoms with Crippen molar-refractivity contribution >= 4 is 95.3 Å². The standard InChI is InChI=1S/C26H12O4S2/c27-20-11-5-6-12(21(20)28)14-8-16-15(7-13(11)14)24-26(31-16)19-17-9-3-1-2-4-10(9)18(25(19)32-24)23(30)22(17)29/h1-8,27-30H. The first-order valence-electron chi connectivity index (χ1n) is 10.1. The molecule has 0 aliphatic heterocycles. The molecule has 0 atom stereocenters. The van der Waals surface area contributed by atoms with Crippen LogP contribution in [0.15, 0.2) is 48.5 Å². The fourth-order valence-corrected chi connectivity index (χ4v) is 8.25. The van der Waals surface area contributed by atoms with Gasteiger partial charge in [-0.15, -0.1) is 22.7 Å². The van der Waals surface area contributed by atoms with Crippen molar-refractivity contribution in [3.8, 4) is 23.0 Å². The van der Waals surface area contributed by atoms with E-state index in [1.165, 1.54) is 0 Å². The van der Waals surface area contributed by atoms with Gasteiger partial charge in [0, 0.05) is 41.7 Å². The minimum Gasteiger partial charge on any atom is -0.504 e. The third-order valence-electron chi connectivity index (χ3n) is 6.81. The van der Waals surface area contributed by atoms with Crippen molar-refractivity contribution < 1.29 is 20.4 Å². The van der Waals surface area contributed by atoms with E-state index in [9.17, 15) is 20.4 Å². The zero-order chi connectivity index (χ0) is 21.5. The Morgan fingerprint density at radius 1 is 0.438 bits per heavy atom. The van der Waals surface area contributed by atoms with Crippen LogP contribution in [-0.2, 0) is 0 Å². The fourth-order valence-electron chi connectivity index (χ4n) is 5.40. The number of aromatic hydroxyl groups is 4. The summed E-state index contributed by atoms with van der Waals surface area (Å²) in [6, 6.07) is 15.7. The summed E-state index contributed by atoms with van der Waals surface area (Å²) in [4.78, 5) is 0. The lowest BCUT2D eigenvalue weighted by molar-refractivity contribution is 0.412. The van der Waals surface area contributed by atoms with Gasteiger partial charge in [-0.2, -0.15) is 0 Å². The van der Waals surface area contributed by atoms with Crippen LogP contribution in [0.3, 0.4) is 0 Å². The maximum absolute atomic E-state index is 10.8. The molecule has 0 aliphatic carbocycles. The molecule has 8 aromatic carbocycles. The molecular weight excluding hydrogens is 440 g/mol. The summed E-state index contributed by atoms with van der Waals surface area (Å²) in [7, 11) is 0. The first-order chi connectivity index (χ1) is 15.5. The molecule has 0 amide bonds. The Labute approximate surface area is 187 Å². The number of thiophene rings is 2. The van der Waals surface area contributed by atoms with Gasteiger partial charge in [0.05, 0.1) is 9.40 Å². The van der Waals surface area contributed by atoms with Crippen molar-refractivity contribution in [2.45, 2.75) is 0 Å². The lowest BCUT2D eigenvalue weighted by Crippen LogP contribution is -1.85. The molecule has 10 aromatic rings. The molecule has 6 heteroatoms. The molecule has 4 nitrogen and oxygen atoms in total. The maximum Gasteiger partial charge on any atom is 0.167 e. The number of fused-ring (bicyclic) bond motifs is 6. The van der Waals surface area contributed by atoms with Crippen LogP contribution < -0.4 is 0 Å². The van der Waals surface area contributed by atoms with Crippen LogP contribution in [-0.4, -0.2) is 20.4 Å². The van der Waals surface area contributed by atoms with Crippen molar-refractivity contribution in [1.29, 1.82) is 0 Å². The first kappa shape index (κ1) is 16.9. The van der Waals surface area contributed by atoms with Crippen LogP contribution in [0.2, 0.25) is 0 Å². The van der Waals surface area contributed by atoms with Crippen LogP contribution in [0.5, 0.6) is 23.0 Å². The van der Waals surface area contributed by atoms with Gasteiger partial charge in [-0.25, -0.2) is 0 Å². The highest BCUT2D eigenvalue weighted by Gasteiger charge is 2.26. The summed E-state index contributed by atoms with van der Waals surface area (Å²) in [6.07, 6.45) is 0. The maximum atomic E-state index is 10.8. The number of hydrogen-bond donors (Lipinski definition) is 4. The van der Waals surface area contributed by atoms with E-state index < -0.39 is 0 Å². The summed E-state index contributed by atoms with van der Waals surface area (Å²) >= 11 is 3.29. The summed E-state index contributed by atoms with van der Waals surface area (Å²) < 4.78 is 4.26. The Kier molecular flexibility index (Phi) is 2.73. The van der Waals surface area contributed by atoms with Crippen molar-refractivity contribution in [2.24, 2.45) is 0 Å². The number of hydrogen-bond acceptors (Lipinski definition) is 6. The molecule has 32 heavy (non-hydrogen) atoms. The van der Waals surface area contributed by atoms with Gasteiger partial charge >= 0.3 is 0 Å². The van der Waals surface area contributed by atoms with E-state index >= 15 is 0 Å². The van der Waals surface area contributed by atoms with Crippen LogP contribution in [0.25, 0.3) is 72.7 Å². The number of benzene rings is 8. The van der Waals surface area contributed by atoms with Crippen LogP contribution in [0.4, 0.5) is 0 Å². The zero-order valence-electron chi connectivity index (χ0n) is 16.2. The molecule has 0 saturated carbocycles. The van der Waals surface area contributed by atoms with Crippen molar-refractivity contribution in [3.63, 3.8) is 0 Å². The molecule has 10 rings (SSSR count). The van der Waals surface area contributed by atoms with E-state index in [2.05, 4.69) is 12.1 Å². The number of phenols is 8. The summed E-state index contributed by atoms with van der Waals surface area (Å²) in [5.41, 5.74) is 0. The Balaban J connectivity index is 1.64. The van der Waals surface area contributed by atoms with Crippen molar-refractivity contribution in [2.75, 3.05) is 0 Å². The normalized spacial score (nSPS) is 12.9. The van der Waals surface area contributed by atoms with Crippen LogP contribution in [0.1, 0.15) is 0 Å². The summed E-state index contributed by atoms with van der Waals surface area (Å²) in [5.74, 6) is -0.266. The highest BCUT2D eigenvalue weighted by Crippen LogP contribution is 2.57. The van der Waals surface area contributed by atoms with E-state index in [1.54, 1.807) is 22.7 Å². The molecule has 152 valence electrons. The highest BCUT2D eigenvalue weighted by atomic mass is 32.1. The molecule has 4 bridgehead atoms. The lowest BCUT2D eigenvalue weighted by Gasteiger charge is -2.14. The second-order valence-electron chi connectivity index (χ2n) is 8.31. The number of rotatable bonds is 0. The second kappa shape index (κ2) is 5.18. The van der Waals surface area contributed by atoms with E-state index in [-0.39, 0.29) is 23.0 Å². The van der Waals surface area contributed by atoms with Gasteiger partial charge < -0.3 is 20.4 Å². The molecule has 2 heterocycles. The summed E-state index contributed by atoms with van der Waals surface area (Å²) in [6.45, 7) is 0. The van der Waals surface area contributed by atoms with Gasteiger partial charge in [-0.3, -0.25) is 0 Å². The minimum atomic E-state index is -0.0788.